The van der Waals surface area contributed by atoms with Crippen LogP contribution in [0.4, 0.5) is 0 Å². The fraction of sp³-hybridized carbons (Fsp3) is 0.941. The zero-order chi connectivity index (χ0) is 32.8. The van der Waals surface area contributed by atoms with Crippen LogP contribution in [0, 0.1) is 0 Å². The molecule has 0 spiro atoms. The molecule has 0 aromatic carbocycles. The summed E-state index contributed by atoms with van der Waals surface area (Å²) in [5.41, 5.74) is 7.04. The monoisotopic (exact) mass is 601 g/mol. The van der Waals surface area contributed by atoms with Crippen LogP contribution >= 0.6 is 0 Å². The van der Waals surface area contributed by atoms with Crippen LogP contribution in [0.1, 0.15) is 108 Å². The van der Waals surface area contributed by atoms with Gasteiger partial charge in [0.1, 0.15) is 5.82 Å². The highest BCUT2D eigenvalue weighted by Gasteiger charge is 2.24. The maximum Gasteiger partial charge on any atom is 0.123 e. The van der Waals surface area contributed by atoms with Crippen LogP contribution in [0.2, 0.25) is 0 Å². The molecule has 3 fully saturated rings. The van der Waals surface area contributed by atoms with Crippen molar-refractivity contribution in [2.75, 3.05) is 93.1 Å². The molecule has 0 radical (unpaired) electrons. The normalized spacial score (nSPS) is 20.8. The highest BCUT2D eigenvalue weighted by Crippen LogP contribution is 2.22. The Hall–Kier alpha value is -1.06. The van der Waals surface area contributed by atoms with Crippen molar-refractivity contribution in [3.63, 3.8) is 0 Å². The highest BCUT2D eigenvalue weighted by atomic mass is 15.3. The molecular formula is C34H80N8. The third-order valence-corrected chi connectivity index (χ3v) is 7.45. The predicted molar refractivity (Wildman–Crippen MR) is 191 cm³/mol. The molecule has 3 saturated heterocycles. The molecule has 8 nitrogen and oxygen atoms in total. The van der Waals surface area contributed by atoms with E-state index in [2.05, 4.69) is 56.7 Å². The lowest BCUT2D eigenvalue weighted by atomic mass is 10.0. The van der Waals surface area contributed by atoms with Crippen LogP contribution in [-0.4, -0.2) is 125 Å². The van der Waals surface area contributed by atoms with Gasteiger partial charge in [0.25, 0.3) is 0 Å². The fourth-order valence-corrected chi connectivity index (χ4v) is 5.31. The molecular weight excluding hydrogens is 520 g/mol. The Morgan fingerprint density at radius 3 is 1.45 bits per heavy atom. The number of rotatable bonds is 1. The highest BCUT2D eigenvalue weighted by molar-refractivity contribution is 5.15. The fourth-order valence-electron chi connectivity index (χ4n) is 5.31. The molecule has 5 heterocycles. The molecule has 5 N–H and O–H groups in total. The van der Waals surface area contributed by atoms with Gasteiger partial charge in [-0.05, 0) is 71.8 Å². The van der Waals surface area contributed by atoms with Gasteiger partial charge in [-0.3, -0.25) is 4.90 Å². The largest absolute Gasteiger partial charge is 0.384 e. The topological polar surface area (TPSA) is 75.1 Å². The van der Waals surface area contributed by atoms with E-state index in [1.54, 1.807) is 0 Å². The number of allylic oxidation sites excluding steroid dienone is 1. The average molecular weight is 601 g/mol. The quantitative estimate of drug-likeness (QED) is 0.326. The maximum atomic E-state index is 5.59. The van der Waals surface area contributed by atoms with E-state index in [4.69, 9.17) is 5.73 Å². The van der Waals surface area contributed by atoms with Crippen LogP contribution in [0.5, 0.6) is 0 Å². The summed E-state index contributed by atoms with van der Waals surface area (Å²) in [6.45, 7) is 33.2. The first kappa shape index (κ1) is 45.4. The summed E-state index contributed by atoms with van der Waals surface area (Å²) in [5.74, 6) is 1.41. The smallest absolute Gasteiger partial charge is 0.123 e. The van der Waals surface area contributed by atoms with E-state index in [0.717, 1.165) is 45.1 Å². The van der Waals surface area contributed by atoms with Crippen molar-refractivity contribution < 1.29 is 0 Å². The van der Waals surface area contributed by atoms with E-state index in [0.29, 0.717) is 6.04 Å². The van der Waals surface area contributed by atoms with Crippen molar-refractivity contribution in [2.24, 2.45) is 5.73 Å². The SMILES string of the molecule is CC.CC.CC.CC.CC.CN1CCCC2=C1N(C)CCN2.CN1CCN(C2CCNCC2)CC1.NC1CCNCC1. The second kappa shape index (κ2) is 32.8. The van der Waals surface area contributed by atoms with Gasteiger partial charge in [-0.1, -0.05) is 69.2 Å². The molecule has 0 aliphatic carbocycles. The Morgan fingerprint density at radius 2 is 1.02 bits per heavy atom. The molecule has 5 rings (SSSR count). The lowest BCUT2D eigenvalue weighted by Crippen LogP contribution is -2.51. The molecule has 42 heavy (non-hydrogen) atoms. The third-order valence-electron chi connectivity index (χ3n) is 7.45. The molecule has 0 aromatic heterocycles. The minimum absolute atomic E-state index is 0.473. The first-order chi connectivity index (χ1) is 20.5. The lowest BCUT2D eigenvalue weighted by Gasteiger charge is -2.40. The van der Waals surface area contributed by atoms with Gasteiger partial charge in [0.2, 0.25) is 0 Å². The van der Waals surface area contributed by atoms with Gasteiger partial charge in [0, 0.05) is 72.0 Å². The zero-order valence-electron chi connectivity index (χ0n) is 31.0. The average Bonchev–Trinajstić information content (AvgIpc) is 3.08. The minimum Gasteiger partial charge on any atom is -0.384 e. The van der Waals surface area contributed by atoms with E-state index in [9.17, 15) is 0 Å². The van der Waals surface area contributed by atoms with Crippen molar-refractivity contribution in [2.45, 2.75) is 120 Å². The minimum atomic E-state index is 0.473. The van der Waals surface area contributed by atoms with Crippen molar-refractivity contribution >= 4 is 0 Å². The predicted octanol–water partition coefficient (Wildman–Crippen LogP) is 5.23. The summed E-state index contributed by atoms with van der Waals surface area (Å²) in [4.78, 5) is 9.81. The van der Waals surface area contributed by atoms with Crippen molar-refractivity contribution in [1.82, 2.24) is 35.6 Å². The van der Waals surface area contributed by atoms with Gasteiger partial charge >= 0.3 is 0 Å². The number of piperazine rings is 1. The standard InChI is InChI=1S/C10H21N3.C9H17N3.C5H12N2.5C2H6/c1-12-6-8-13(9-7-12)10-2-4-11-5-3-10;1-11-6-3-4-8-9(11)12(2)7-5-10-8;6-5-1-3-7-4-2-5;5*1-2/h10-11H,2-9H2,1H3;10H,3-7H2,1-2H3;5,7H,1-4,6H2;5*1-2H3. The number of nitrogens with one attached hydrogen (secondary N) is 3. The van der Waals surface area contributed by atoms with Crippen LogP contribution in [0.3, 0.4) is 0 Å². The van der Waals surface area contributed by atoms with Crippen LogP contribution in [0.25, 0.3) is 0 Å². The van der Waals surface area contributed by atoms with Gasteiger partial charge < -0.3 is 36.4 Å². The molecule has 8 heteroatoms. The van der Waals surface area contributed by atoms with Gasteiger partial charge in [-0.2, -0.15) is 0 Å². The number of hydrogen-bond donors (Lipinski definition) is 4. The van der Waals surface area contributed by atoms with Crippen LogP contribution in [-0.2, 0) is 0 Å². The Balaban J connectivity index is -0.000000484. The second-order valence-electron chi connectivity index (χ2n) is 10.1. The Morgan fingerprint density at radius 1 is 0.571 bits per heavy atom. The summed E-state index contributed by atoms with van der Waals surface area (Å²) >= 11 is 0. The molecule has 256 valence electrons. The third kappa shape index (κ3) is 20.0. The lowest BCUT2D eigenvalue weighted by molar-refractivity contribution is 0.0948. The van der Waals surface area contributed by atoms with Gasteiger partial charge in [0.15, 0.2) is 0 Å². The van der Waals surface area contributed by atoms with E-state index >= 15 is 0 Å². The van der Waals surface area contributed by atoms with E-state index in [1.807, 2.05) is 69.2 Å². The number of likely N-dealkylation sites (N-methyl/N-ethyl adjacent to an activating group) is 2. The summed E-state index contributed by atoms with van der Waals surface area (Å²) in [6.07, 6.45) is 7.52. The van der Waals surface area contributed by atoms with E-state index in [-0.39, 0.29) is 0 Å². The zero-order valence-corrected chi connectivity index (χ0v) is 31.0. The number of piperidine rings is 2. The summed E-state index contributed by atoms with van der Waals surface area (Å²) in [6, 6.07) is 1.34. The maximum absolute atomic E-state index is 5.59. The molecule has 5 aliphatic rings. The van der Waals surface area contributed by atoms with E-state index < -0.39 is 0 Å². The number of nitrogens with zero attached hydrogens (tertiary/aromatic N) is 4. The Kier molecular flexibility index (Phi) is 35.5. The first-order valence-corrected chi connectivity index (χ1v) is 18.0. The molecule has 5 aliphatic heterocycles. The van der Waals surface area contributed by atoms with Crippen molar-refractivity contribution in [3.8, 4) is 0 Å². The molecule has 0 bridgehead atoms. The van der Waals surface area contributed by atoms with Gasteiger partial charge in [0.05, 0.1) is 5.70 Å². The van der Waals surface area contributed by atoms with Crippen LogP contribution in [0.15, 0.2) is 11.5 Å². The number of nitrogens with two attached hydrogens (primary N) is 1. The molecule has 0 saturated carbocycles. The molecule has 0 aromatic rings. The molecule has 0 atom stereocenters. The number of hydrogen-bond acceptors (Lipinski definition) is 8. The van der Waals surface area contributed by atoms with Gasteiger partial charge in [-0.25, -0.2) is 0 Å². The van der Waals surface area contributed by atoms with Crippen LogP contribution < -0.4 is 21.7 Å². The summed E-state index contributed by atoms with van der Waals surface area (Å²) in [5, 5.41) is 10.1. The Labute approximate surface area is 265 Å². The summed E-state index contributed by atoms with van der Waals surface area (Å²) in [7, 11) is 6.58. The first-order valence-electron chi connectivity index (χ1n) is 18.0. The van der Waals surface area contributed by atoms with Crippen molar-refractivity contribution in [1.29, 1.82) is 0 Å². The van der Waals surface area contributed by atoms with Crippen molar-refractivity contribution in [3.05, 3.63) is 11.5 Å². The second-order valence-corrected chi connectivity index (χ2v) is 10.1. The Bertz CT molecular complexity index is 532. The summed E-state index contributed by atoms with van der Waals surface area (Å²) < 4.78 is 0. The van der Waals surface area contributed by atoms with E-state index in [1.165, 1.54) is 83.0 Å². The van der Waals surface area contributed by atoms with Gasteiger partial charge in [-0.15, -0.1) is 0 Å². The molecule has 0 amide bonds. The molecule has 0 unspecified atom stereocenters.